The van der Waals surface area contributed by atoms with Crippen LogP contribution < -0.4 is 5.32 Å². The first-order chi connectivity index (χ1) is 6.84. The molecule has 0 saturated heterocycles. The zero-order chi connectivity index (χ0) is 9.80. The summed E-state index contributed by atoms with van der Waals surface area (Å²) in [6.07, 6.45) is 3.34. The number of pyridine rings is 1. The molecule has 0 aliphatic rings. The van der Waals surface area contributed by atoms with Crippen molar-refractivity contribution in [2.45, 2.75) is 6.54 Å². The Morgan fingerprint density at radius 1 is 1.36 bits per heavy atom. The number of nitrogens with one attached hydrogen (secondary N) is 1. The number of nitrogens with zero attached hydrogens (tertiary/aromatic N) is 1. The number of furan rings is 1. The van der Waals surface area contributed by atoms with Crippen LogP contribution in [0.25, 0.3) is 0 Å². The van der Waals surface area contributed by atoms with Gasteiger partial charge in [-0.1, -0.05) is 11.6 Å². The molecule has 2 aromatic rings. The Labute approximate surface area is 86.7 Å². The number of rotatable bonds is 3. The molecule has 0 unspecified atom stereocenters. The molecule has 0 bridgehead atoms. The van der Waals surface area contributed by atoms with Gasteiger partial charge in [-0.15, -0.1) is 0 Å². The minimum Gasteiger partial charge on any atom is -0.467 e. The summed E-state index contributed by atoms with van der Waals surface area (Å²) < 4.78 is 5.17. The number of hydrogen-bond donors (Lipinski definition) is 1. The van der Waals surface area contributed by atoms with Gasteiger partial charge in [0, 0.05) is 0 Å². The topological polar surface area (TPSA) is 38.1 Å². The van der Waals surface area contributed by atoms with Crippen LogP contribution in [0.1, 0.15) is 5.76 Å². The monoisotopic (exact) mass is 208 g/mol. The summed E-state index contributed by atoms with van der Waals surface area (Å²) in [4.78, 5) is 3.95. The highest BCUT2D eigenvalue weighted by Gasteiger charge is 1.96. The van der Waals surface area contributed by atoms with Crippen LogP contribution in [0.2, 0.25) is 5.15 Å². The van der Waals surface area contributed by atoms with Crippen molar-refractivity contribution in [2.75, 3.05) is 5.32 Å². The van der Waals surface area contributed by atoms with Crippen LogP contribution in [0.15, 0.2) is 41.1 Å². The van der Waals surface area contributed by atoms with Crippen LogP contribution in [0.4, 0.5) is 5.69 Å². The number of hydrogen-bond acceptors (Lipinski definition) is 3. The lowest BCUT2D eigenvalue weighted by Crippen LogP contribution is -1.97. The molecule has 2 heterocycles. The van der Waals surface area contributed by atoms with E-state index in [1.807, 2.05) is 18.2 Å². The maximum atomic E-state index is 5.65. The lowest BCUT2D eigenvalue weighted by Gasteiger charge is -2.02. The molecule has 72 valence electrons. The van der Waals surface area contributed by atoms with E-state index in [4.69, 9.17) is 16.0 Å². The van der Waals surface area contributed by atoms with Gasteiger partial charge in [-0.25, -0.2) is 4.98 Å². The lowest BCUT2D eigenvalue weighted by molar-refractivity contribution is 0.518. The van der Waals surface area contributed by atoms with E-state index in [0.717, 1.165) is 11.4 Å². The van der Waals surface area contributed by atoms with Gasteiger partial charge in [-0.05, 0) is 24.3 Å². The van der Waals surface area contributed by atoms with E-state index in [1.54, 1.807) is 18.5 Å². The van der Waals surface area contributed by atoms with Crippen LogP contribution in [0.5, 0.6) is 0 Å². The van der Waals surface area contributed by atoms with Gasteiger partial charge < -0.3 is 9.73 Å². The molecule has 0 spiro atoms. The van der Waals surface area contributed by atoms with Crippen molar-refractivity contribution in [3.8, 4) is 0 Å². The van der Waals surface area contributed by atoms with Gasteiger partial charge in [0.05, 0.1) is 24.7 Å². The van der Waals surface area contributed by atoms with E-state index in [1.165, 1.54) is 0 Å². The smallest absolute Gasteiger partial charge is 0.129 e. The van der Waals surface area contributed by atoms with Crippen LogP contribution in [-0.2, 0) is 6.54 Å². The Hall–Kier alpha value is -1.48. The Balaban J connectivity index is 1.95. The van der Waals surface area contributed by atoms with Crippen LogP contribution in [-0.4, -0.2) is 4.98 Å². The highest BCUT2D eigenvalue weighted by molar-refractivity contribution is 6.29. The summed E-state index contributed by atoms with van der Waals surface area (Å²) in [6.45, 7) is 0.649. The largest absolute Gasteiger partial charge is 0.467 e. The third-order valence-electron chi connectivity index (χ3n) is 1.77. The molecule has 0 fully saturated rings. The van der Waals surface area contributed by atoms with Gasteiger partial charge in [0.2, 0.25) is 0 Å². The van der Waals surface area contributed by atoms with Crippen molar-refractivity contribution in [1.82, 2.24) is 4.98 Å². The predicted octanol–water partition coefficient (Wildman–Crippen LogP) is 2.94. The molecule has 0 aliphatic carbocycles. The van der Waals surface area contributed by atoms with Gasteiger partial charge in [0.15, 0.2) is 0 Å². The first-order valence-corrected chi connectivity index (χ1v) is 4.60. The van der Waals surface area contributed by atoms with Gasteiger partial charge >= 0.3 is 0 Å². The van der Waals surface area contributed by atoms with Crippen LogP contribution >= 0.6 is 11.6 Å². The Morgan fingerprint density at radius 3 is 2.93 bits per heavy atom. The molecule has 0 saturated carbocycles. The Morgan fingerprint density at radius 2 is 2.29 bits per heavy atom. The number of halogens is 1. The SMILES string of the molecule is Clc1ccc(NCc2ccco2)cn1. The molecule has 2 aromatic heterocycles. The summed E-state index contributed by atoms with van der Waals surface area (Å²) in [5.74, 6) is 0.889. The van der Waals surface area contributed by atoms with Gasteiger partial charge in [0.25, 0.3) is 0 Å². The highest BCUT2D eigenvalue weighted by Crippen LogP contribution is 2.11. The second-order valence-electron chi connectivity index (χ2n) is 2.80. The van der Waals surface area contributed by atoms with Crippen molar-refractivity contribution in [1.29, 1.82) is 0 Å². The van der Waals surface area contributed by atoms with Gasteiger partial charge in [-0.3, -0.25) is 0 Å². The van der Waals surface area contributed by atoms with Gasteiger partial charge in [0.1, 0.15) is 10.9 Å². The molecule has 1 N–H and O–H groups in total. The maximum absolute atomic E-state index is 5.65. The summed E-state index contributed by atoms with van der Waals surface area (Å²) >= 11 is 5.65. The summed E-state index contributed by atoms with van der Waals surface area (Å²) in [5, 5.41) is 3.65. The Bertz CT molecular complexity index is 383. The fraction of sp³-hybridized carbons (Fsp3) is 0.100. The van der Waals surface area contributed by atoms with E-state index in [-0.39, 0.29) is 0 Å². The normalized spacial score (nSPS) is 10.1. The summed E-state index contributed by atoms with van der Waals surface area (Å²) in [6, 6.07) is 7.39. The van der Waals surface area contributed by atoms with Crippen molar-refractivity contribution in [3.05, 3.63) is 47.6 Å². The fourth-order valence-electron chi connectivity index (χ4n) is 1.08. The molecule has 4 heteroatoms. The van der Waals surface area contributed by atoms with E-state index < -0.39 is 0 Å². The highest BCUT2D eigenvalue weighted by atomic mass is 35.5. The third-order valence-corrected chi connectivity index (χ3v) is 2.00. The Kier molecular flexibility index (Phi) is 2.70. The first-order valence-electron chi connectivity index (χ1n) is 4.22. The van der Waals surface area contributed by atoms with Gasteiger partial charge in [-0.2, -0.15) is 0 Å². The molecule has 2 rings (SSSR count). The standard InChI is InChI=1S/C10H9ClN2O/c11-10-4-3-8(6-13-10)12-7-9-2-1-5-14-9/h1-6,12H,7H2. The van der Waals surface area contributed by atoms with E-state index in [2.05, 4.69) is 10.3 Å². The molecular formula is C10H9ClN2O. The van der Waals surface area contributed by atoms with E-state index >= 15 is 0 Å². The zero-order valence-corrected chi connectivity index (χ0v) is 8.16. The predicted molar refractivity (Wildman–Crippen MR) is 55.3 cm³/mol. The molecule has 3 nitrogen and oxygen atoms in total. The van der Waals surface area contributed by atoms with Crippen LogP contribution in [0.3, 0.4) is 0 Å². The molecule has 0 aromatic carbocycles. The minimum atomic E-state index is 0.494. The second kappa shape index (κ2) is 4.15. The quantitative estimate of drug-likeness (QED) is 0.789. The summed E-state index contributed by atoms with van der Waals surface area (Å²) in [5.41, 5.74) is 0.922. The zero-order valence-electron chi connectivity index (χ0n) is 7.40. The second-order valence-corrected chi connectivity index (χ2v) is 3.19. The molecule has 0 amide bonds. The molecular weight excluding hydrogens is 200 g/mol. The summed E-state index contributed by atoms with van der Waals surface area (Å²) in [7, 11) is 0. The molecule has 0 radical (unpaired) electrons. The van der Waals surface area contributed by atoms with Crippen molar-refractivity contribution in [2.24, 2.45) is 0 Å². The average Bonchev–Trinajstić information content (AvgIpc) is 2.70. The fourth-order valence-corrected chi connectivity index (χ4v) is 1.19. The molecule has 0 atom stereocenters. The van der Waals surface area contributed by atoms with E-state index in [0.29, 0.717) is 11.7 Å². The maximum Gasteiger partial charge on any atom is 0.129 e. The van der Waals surface area contributed by atoms with Crippen LogP contribution in [0, 0.1) is 0 Å². The average molecular weight is 209 g/mol. The molecule has 14 heavy (non-hydrogen) atoms. The lowest BCUT2D eigenvalue weighted by atomic mass is 10.4. The number of anilines is 1. The first kappa shape index (κ1) is 9.09. The van der Waals surface area contributed by atoms with Crippen molar-refractivity contribution < 1.29 is 4.42 Å². The van der Waals surface area contributed by atoms with E-state index in [9.17, 15) is 0 Å². The number of aromatic nitrogens is 1. The minimum absolute atomic E-state index is 0.494. The van der Waals surface area contributed by atoms with Crippen molar-refractivity contribution in [3.63, 3.8) is 0 Å². The molecule has 0 aliphatic heterocycles. The third kappa shape index (κ3) is 2.26. The van der Waals surface area contributed by atoms with Crippen molar-refractivity contribution >= 4 is 17.3 Å².